The van der Waals surface area contributed by atoms with Gasteiger partial charge in [0.25, 0.3) is 5.56 Å². The van der Waals surface area contributed by atoms with Crippen LogP contribution in [0.15, 0.2) is 77.9 Å². The lowest BCUT2D eigenvalue weighted by atomic mass is 9.97. The Morgan fingerprint density at radius 3 is 2.43 bits per heavy atom. The predicted octanol–water partition coefficient (Wildman–Crippen LogP) is 4.74. The Bertz CT molecular complexity index is 2120. The lowest BCUT2D eigenvalue weighted by Crippen LogP contribution is -2.39. The molecule has 5 aromatic rings. The Hall–Kier alpha value is -4.81. The molecule has 5 N–H and O–H groups in total. The second-order valence-electron chi connectivity index (χ2n) is 11.9. The first-order valence-electron chi connectivity index (χ1n) is 15.8. The number of primary amides is 1. The summed E-state index contributed by atoms with van der Waals surface area (Å²) in [6.45, 7) is 2.98. The van der Waals surface area contributed by atoms with Crippen LogP contribution in [0.3, 0.4) is 0 Å². The fourth-order valence-electron chi connectivity index (χ4n) is 5.81. The number of fused-ring (bicyclic) bond motifs is 1. The molecule has 1 aliphatic heterocycles. The van der Waals surface area contributed by atoms with Gasteiger partial charge in [-0.2, -0.15) is 0 Å². The number of halogens is 2. The van der Waals surface area contributed by atoms with Gasteiger partial charge < -0.3 is 26.4 Å². The molecule has 6 rings (SSSR count). The van der Waals surface area contributed by atoms with E-state index in [4.69, 9.17) is 38.7 Å². The van der Waals surface area contributed by atoms with Gasteiger partial charge in [-0.25, -0.2) is 9.97 Å². The number of hydrogen-bond donors (Lipinski definition) is 4. The Morgan fingerprint density at radius 2 is 1.73 bits per heavy atom. The molecule has 49 heavy (non-hydrogen) atoms. The molecule has 1 saturated heterocycles. The molecule has 252 valence electrons. The molecule has 0 bridgehead atoms. The maximum Gasteiger partial charge on any atom is 0.262 e. The van der Waals surface area contributed by atoms with E-state index in [-0.39, 0.29) is 24.1 Å². The predicted molar refractivity (Wildman–Crippen MR) is 191 cm³/mol. The van der Waals surface area contributed by atoms with Crippen molar-refractivity contribution in [2.24, 2.45) is 5.73 Å². The van der Waals surface area contributed by atoms with Gasteiger partial charge in [0.1, 0.15) is 5.65 Å². The number of amides is 2. The van der Waals surface area contributed by atoms with Crippen LogP contribution in [-0.2, 0) is 22.7 Å². The number of methoxy groups -OCH3 is 1. The number of pyridine rings is 2. The molecule has 11 nitrogen and oxygen atoms in total. The molecular weight excluding hydrogens is 665 g/mol. The minimum Gasteiger partial charge on any atom is -0.481 e. The molecule has 0 saturated carbocycles. The van der Waals surface area contributed by atoms with Crippen LogP contribution in [-0.4, -0.2) is 51.9 Å². The van der Waals surface area contributed by atoms with Crippen LogP contribution in [0.25, 0.3) is 39.2 Å². The highest BCUT2D eigenvalue weighted by Crippen LogP contribution is 2.42. The van der Waals surface area contributed by atoms with Gasteiger partial charge in [-0.05, 0) is 37.1 Å². The maximum absolute atomic E-state index is 13.1. The Balaban J connectivity index is 1.26. The Labute approximate surface area is 292 Å². The van der Waals surface area contributed by atoms with E-state index in [1.807, 2.05) is 48.5 Å². The molecule has 2 aromatic carbocycles. The normalized spacial score (nSPS) is 14.9. The van der Waals surface area contributed by atoms with Crippen LogP contribution >= 0.6 is 23.2 Å². The van der Waals surface area contributed by atoms with Gasteiger partial charge in [-0.15, -0.1) is 0 Å². The van der Waals surface area contributed by atoms with Gasteiger partial charge in [-0.3, -0.25) is 18.8 Å². The van der Waals surface area contributed by atoms with E-state index in [1.54, 1.807) is 32.4 Å². The quantitative estimate of drug-likeness (QED) is 0.146. The highest BCUT2D eigenvalue weighted by Gasteiger charge is 2.21. The van der Waals surface area contributed by atoms with Gasteiger partial charge in [0.05, 0.1) is 34.5 Å². The second kappa shape index (κ2) is 14.8. The molecule has 2 atom stereocenters. The highest BCUT2D eigenvalue weighted by molar-refractivity contribution is 6.39. The summed E-state index contributed by atoms with van der Waals surface area (Å²) < 4.78 is 7.08. The monoisotopic (exact) mass is 699 g/mol. The fourth-order valence-corrected chi connectivity index (χ4v) is 6.47. The summed E-state index contributed by atoms with van der Waals surface area (Å²) in [7, 11) is 1.58. The molecule has 2 amide bonds. The van der Waals surface area contributed by atoms with E-state index >= 15 is 0 Å². The van der Waals surface area contributed by atoms with Crippen LogP contribution in [0.1, 0.15) is 30.9 Å². The molecule has 3 aromatic heterocycles. The molecule has 4 heterocycles. The number of nitrogens with one attached hydrogen (secondary N) is 3. The summed E-state index contributed by atoms with van der Waals surface area (Å²) in [4.78, 5) is 45.2. The molecule has 0 unspecified atom stereocenters. The van der Waals surface area contributed by atoms with Crippen molar-refractivity contribution >= 4 is 40.7 Å². The molecule has 1 fully saturated rings. The van der Waals surface area contributed by atoms with Crippen molar-refractivity contribution in [1.82, 2.24) is 30.3 Å². The number of aromatic nitrogens is 3. The number of benzene rings is 2. The summed E-state index contributed by atoms with van der Waals surface area (Å²) in [6, 6.07) is 18.4. The zero-order valence-electron chi connectivity index (χ0n) is 26.9. The molecule has 1 aliphatic rings. The lowest BCUT2D eigenvalue weighted by Gasteiger charge is -2.16. The first-order valence-corrected chi connectivity index (χ1v) is 16.5. The van der Waals surface area contributed by atoms with Crippen molar-refractivity contribution in [3.05, 3.63) is 105 Å². The maximum atomic E-state index is 13.1. The van der Waals surface area contributed by atoms with Crippen LogP contribution in [0.2, 0.25) is 10.0 Å². The Kier molecular flexibility index (Phi) is 10.3. The van der Waals surface area contributed by atoms with Crippen LogP contribution in [0.4, 0.5) is 0 Å². The molecule has 0 aliphatic carbocycles. The number of nitrogens with two attached hydrogens (primary N) is 1. The molecule has 13 heteroatoms. The molecule has 0 radical (unpaired) electrons. The molecule has 0 spiro atoms. The third kappa shape index (κ3) is 7.30. The first-order chi connectivity index (χ1) is 23.6. The van der Waals surface area contributed by atoms with E-state index in [2.05, 4.69) is 20.9 Å². The zero-order chi connectivity index (χ0) is 34.7. The second-order valence-corrected chi connectivity index (χ2v) is 12.6. The van der Waals surface area contributed by atoms with Gasteiger partial charge in [0.15, 0.2) is 0 Å². The van der Waals surface area contributed by atoms with Crippen molar-refractivity contribution < 1.29 is 14.3 Å². The average molecular weight is 701 g/mol. The minimum absolute atomic E-state index is 0.0877. The number of rotatable bonds is 12. The van der Waals surface area contributed by atoms with E-state index in [9.17, 15) is 14.4 Å². The number of carbonyl (C=O) groups is 2. The van der Waals surface area contributed by atoms with Crippen LogP contribution in [0.5, 0.6) is 5.88 Å². The van der Waals surface area contributed by atoms with Gasteiger partial charge in [-0.1, -0.05) is 65.7 Å². The fraction of sp³-hybridized carbons (Fsp3) is 0.250. The van der Waals surface area contributed by atoms with Crippen molar-refractivity contribution in [1.29, 1.82) is 0 Å². The van der Waals surface area contributed by atoms with Gasteiger partial charge in [0, 0.05) is 72.3 Å². The van der Waals surface area contributed by atoms with Crippen LogP contribution in [0, 0.1) is 0 Å². The standard InChI is InChI=1S/C36H35Cl2N7O4/c1-20(34(39)47)41-17-23-18-42-30-15-21(13-14-45(30)36(23)48)25-5-3-6-26(32(25)37)27-7-4-8-28(33(27)38)29-11-9-22(35(44-29)49-2)16-40-19-24-10-12-31(46)43-24/h3-9,11,13-15,18,20,24,40-41H,10,12,16-17,19H2,1-2H3,(H2,39,47)(H,43,46)/t20-,24-/m0/s1. The van der Waals surface area contributed by atoms with E-state index in [0.29, 0.717) is 52.3 Å². The van der Waals surface area contributed by atoms with Crippen molar-refractivity contribution in [2.75, 3.05) is 13.7 Å². The van der Waals surface area contributed by atoms with Crippen molar-refractivity contribution in [3.63, 3.8) is 0 Å². The number of nitrogens with zero attached hydrogens (tertiary/aromatic N) is 3. The summed E-state index contributed by atoms with van der Waals surface area (Å²) in [5, 5.41) is 10.2. The minimum atomic E-state index is -0.585. The number of ether oxygens (including phenoxy) is 1. The Morgan fingerprint density at radius 1 is 1.02 bits per heavy atom. The van der Waals surface area contributed by atoms with E-state index in [0.717, 1.165) is 39.8 Å². The zero-order valence-corrected chi connectivity index (χ0v) is 28.4. The SMILES string of the molecule is COc1nc(-c2cccc(-c3cccc(-c4ccn5c(=O)c(CN[C@@H](C)C(N)=O)cnc5c4)c3Cl)c2Cl)ccc1CNC[C@@H]1CCC(=O)N1. The number of hydrogen-bond acceptors (Lipinski definition) is 8. The van der Waals surface area contributed by atoms with Gasteiger partial charge in [0.2, 0.25) is 17.7 Å². The lowest BCUT2D eigenvalue weighted by molar-refractivity contribution is -0.120. The summed E-state index contributed by atoms with van der Waals surface area (Å²) in [6.07, 6.45) is 4.53. The summed E-state index contributed by atoms with van der Waals surface area (Å²) in [5.74, 6) is 0.0634. The smallest absolute Gasteiger partial charge is 0.262 e. The number of carbonyl (C=O) groups excluding carboxylic acids is 2. The summed E-state index contributed by atoms with van der Waals surface area (Å²) >= 11 is 14.1. The third-order valence-corrected chi connectivity index (χ3v) is 9.42. The summed E-state index contributed by atoms with van der Waals surface area (Å²) in [5.41, 5.74) is 11.1. The van der Waals surface area contributed by atoms with E-state index in [1.165, 1.54) is 10.6 Å². The topological polar surface area (TPSA) is 153 Å². The highest BCUT2D eigenvalue weighted by atomic mass is 35.5. The van der Waals surface area contributed by atoms with Crippen molar-refractivity contribution in [3.8, 4) is 39.4 Å². The van der Waals surface area contributed by atoms with E-state index < -0.39 is 11.9 Å². The van der Waals surface area contributed by atoms with Crippen molar-refractivity contribution in [2.45, 2.75) is 44.9 Å². The largest absolute Gasteiger partial charge is 0.481 e. The average Bonchev–Trinajstić information content (AvgIpc) is 3.52. The van der Waals surface area contributed by atoms with Gasteiger partial charge >= 0.3 is 0 Å². The third-order valence-electron chi connectivity index (χ3n) is 8.60. The van der Waals surface area contributed by atoms with Crippen LogP contribution < -0.4 is 32.0 Å². The molecular formula is C36H35Cl2N7O4. The first kappa shape index (κ1) is 34.1.